The molecule has 0 saturated heterocycles. The molecule has 0 fully saturated rings. The van der Waals surface area contributed by atoms with Crippen LogP contribution in [0.25, 0.3) is 0 Å². The van der Waals surface area contributed by atoms with E-state index in [4.69, 9.17) is 0 Å². The first kappa shape index (κ1) is 19.1. The first-order valence-corrected chi connectivity index (χ1v) is 11.6. The van der Waals surface area contributed by atoms with Crippen molar-refractivity contribution < 1.29 is 0 Å². The SMILES string of the molecule is [Te]Cc1ccccc1C#Cc1ccc(C#Cc2ccccc2C[Te])cc1. The molecule has 2 radical (unpaired) electrons. The predicted octanol–water partition coefficient (Wildman–Crippen LogP) is 3.82. The number of hydrogen-bond donors (Lipinski definition) is 0. The quantitative estimate of drug-likeness (QED) is 0.331. The van der Waals surface area contributed by atoms with Crippen LogP contribution in [0.5, 0.6) is 0 Å². The van der Waals surface area contributed by atoms with Gasteiger partial charge in [0.15, 0.2) is 0 Å². The molecule has 3 aromatic rings. The summed E-state index contributed by atoms with van der Waals surface area (Å²) in [6.07, 6.45) is 0. The molecule has 3 aromatic carbocycles. The molecule has 0 amide bonds. The van der Waals surface area contributed by atoms with Gasteiger partial charge in [-0.05, 0) is 0 Å². The number of rotatable bonds is 2. The molecule has 0 aliphatic heterocycles. The Labute approximate surface area is 182 Å². The van der Waals surface area contributed by atoms with Gasteiger partial charge in [0.1, 0.15) is 0 Å². The molecular formula is C24H16Te2. The second-order valence-electron chi connectivity index (χ2n) is 5.68. The van der Waals surface area contributed by atoms with E-state index < -0.39 is 0 Å². The first-order chi connectivity index (χ1) is 12.8. The summed E-state index contributed by atoms with van der Waals surface area (Å²) >= 11 is 4.17. The van der Waals surface area contributed by atoms with Gasteiger partial charge in [0.25, 0.3) is 0 Å². The van der Waals surface area contributed by atoms with Crippen LogP contribution in [0.2, 0.25) is 0 Å². The van der Waals surface area contributed by atoms with E-state index in [2.05, 4.69) is 105 Å². The summed E-state index contributed by atoms with van der Waals surface area (Å²) in [7, 11) is 0. The third kappa shape index (κ3) is 5.18. The monoisotopic (exact) mass is 564 g/mol. The molecule has 0 atom stereocenters. The zero-order chi connectivity index (χ0) is 18.2. The molecule has 0 aromatic heterocycles. The maximum absolute atomic E-state index is 3.29. The Kier molecular flexibility index (Phi) is 7.28. The van der Waals surface area contributed by atoms with Crippen LogP contribution in [0.4, 0.5) is 0 Å². The van der Waals surface area contributed by atoms with Gasteiger partial charge in [0.2, 0.25) is 0 Å². The molecule has 124 valence electrons. The number of benzene rings is 3. The minimum atomic E-state index is 1.01. The van der Waals surface area contributed by atoms with Gasteiger partial charge in [-0.3, -0.25) is 0 Å². The summed E-state index contributed by atoms with van der Waals surface area (Å²) in [5.41, 5.74) is 6.83. The Morgan fingerprint density at radius 2 is 0.885 bits per heavy atom. The van der Waals surface area contributed by atoms with Gasteiger partial charge in [0.05, 0.1) is 0 Å². The Balaban J connectivity index is 1.78. The Morgan fingerprint density at radius 3 is 1.27 bits per heavy atom. The van der Waals surface area contributed by atoms with Crippen LogP contribution in [0, 0.1) is 23.7 Å². The van der Waals surface area contributed by atoms with Crippen LogP contribution in [0.1, 0.15) is 33.4 Å². The van der Waals surface area contributed by atoms with E-state index in [0.29, 0.717) is 0 Å². The van der Waals surface area contributed by atoms with Crippen molar-refractivity contribution >= 4 is 44.6 Å². The molecule has 3 rings (SSSR count). The standard InChI is InChI=1S/C24H16Te2/c25-17-23-7-3-1-5-21(23)15-13-19-9-11-20(12-10-19)14-16-22-6-2-4-8-24(22)18-26/h1-12H,17-18H2. The summed E-state index contributed by atoms with van der Waals surface area (Å²) in [6, 6.07) is 24.8. The molecule has 0 unspecified atom stereocenters. The molecule has 0 aliphatic rings. The van der Waals surface area contributed by atoms with Gasteiger partial charge in [0, 0.05) is 0 Å². The minimum absolute atomic E-state index is 1.01. The van der Waals surface area contributed by atoms with E-state index in [0.717, 1.165) is 31.2 Å². The molecular weight excluding hydrogens is 543 g/mol. The van der Waals surface area contributed by atoms with Crippen LogP contribution in [0.3, 0.4) is 0 Å². The van der Waals surface area contributed by atoms with E-state index in [1.807, 2.05) is 36.4 Å². The van der Waals surface area contributed by atoms with Gasteiger partial charge in [-0.2, -0.15) is 0 Å². The molecule has 0 aliphatic carbocycles. The second-order valence-corrected chi connectivity index (χ2v) is 7.33. The predicted molar refractivity (Wildman–Crippen MR) is 110 cm³/mol. The van der Waals surface area contributed by atoms with Crippen molar-refractivity contribution in [1.82, 2.24) is 0 Å². The fourth-order valence-electron chi connectivity index (χ4n) is 2.45. The van der Waals surface area contributed by atoms with Crippen molar-refractivity contribution in [2.45, 2.75) is 8.94 Å². The summed E-state index contributed by atoms with van der Waals surface area (Å²) < 4.78 is 2.02. The van der Waals surface area contributed by atoms with Crippen LogP contribution < -0.4 is 0 Å². The van der Waals surface area contributed by atoms with E-state index in [-0.39, 0.29) is 0 Å². The maximum atomic E-state index is 3.29. The summed E-state index contributed by atoms with van der Waals surface area (Å²) in [5.74, 6) is 13.1. The zero-order valence-corrected chi connectivity index (χ0v) is 18.8. The van der Waals surface area contributed by atoms with Crippen molar-refractivity contribution in [2.24, 2.45) is 0 Å². The zero-order valence-electron chi connectivity index (χ0n) is 14.2. The molecule has 0 heterocycles. The first-order valence-electron chi connectivity index (χ1n) is 8.26. The Hall–Kier alpha value is -1.64. The number of hydrogen-bond acceptors (Lipinski definition) is 0. The second kappa shape index (κ2) is 9.89. The van der Waals surface area contributed by atoms with Crippen molar-refractivity contribution in [2.75, 3.05) is 0 Å². The van der Waals surface area contributed by atoms with Crippen LogP contribution in [-0.2, 0) is 8.94 Å². The molecule has 2 heteroatoms. The van der Waals surface area contributed by atoms with Crippen molar-refractivity contribution in [3.05, 3.63) is 106 Å². The van der Waals surface area contributed by atoms with E-state index in [9.17, 15) is 0 Å². The normalized spacial score (nSPS) is 9.62. The molecule has 0 bridgehead atoms. The fraction of sp³-hybridized carbons (Fsp3) is 0.0833. The van der Waals surface area contributed by atoms with E-state index in [1.54, 1.807) is 0 Å². The molecule has 0 spiro atoms. The van der Waals surface area contributed by atoms with Gasteiger partial charge in [-0.25, -0.2) is 0 Å². The molecule has 0 nitrogen and oxygen atoms in total. The Morgan fingerprint density at radius 1 is 0.500 bits per heavy atom. The average Bonchev–Trinajstić information content (AvgIpc) is 2.72. The van der Waals surface area contributed by atoms with Crippen LogP contribution in [0.15, 0.2) is 72.8 Å². The van der Waals surface area contributed by atoms with E-state index in [1.165, 1.54) is 11.1 Å². The Bertz CT molecular complexity index is 925. The van der Waals surface area contributed by atoms with Crippen molar-refractivity contribution in [3.8, 4) is 23.7 Å². The van der Waals surface area contributed by atoms with Gasteiger partial charge in [-0.15, -0.1) is 0 Å². The van der Waals surface area contributed by atoms with Crippen molar-refractivity contribution in [1.29, 1.82) is 0 Å². The van der Waals surface area contributed by atoms with Crippen LogP contribution >= 0.6 is 0 Å². The topological polar surface area (TPSA) is 0 Å². The van der Waals surface area contributed by atoms with E-state index >= 15 is 0 Å². The molecule has 26 heavy (non-hydrogen) atoms. The molecule has 0 saturated carbocycles. The summed E-state index contributed by atoms with van der Waals surface area (Å²) in [5, 5.41) is 0. The molecule has 0 N–H and O–H groups in total. The average molecular weight is 560 g/mol. The summed E-state index contributed by atoms with van der Waals surface area (Å²) in [4.78, 5) is 0. The third-order valence-electron chi connectivity index (χ3n) is 3.91. The van der Waals surface area contributed by atoms with Gasteiger partial charge < -0.3 is 0 Å². The van der Waals surface area contributed by atoms with Crippen LogP contribution in [-0.4, -0.2) is 44.6 Å². The van der Waals surface area contributed by atoms with Gasteiger partial charge in [-0.1, -0.05) is 0 Å². The fourth-order valence-corrected chi connectivity index (χ4v) is 3.89. The third-order valence-corrected chi connectivity index (χ3v) is 5.69. The van der Waals surface area contributed by atoms with Crippen molar-refractivity contribution in [3.63, 3.8) is 0 Å². The summed E-state index contributed by atoms with van der Waals surface area (Å²) in [6.45, 7) is 0. The van der Waals surface area contributed by atoms with Gasteiger partial charge >= 0.3 is 183 Å².